The van der Waals surface area contributed by atoms with Crippen molar-refractivity contribution in [3.05, 3.63) is 49.0 Å². The molecule has 2 atom stereocenters. The minimum Gasteiger partial charge on any atom is -0.493 e. The summed E-state index contributed by atoms with van der Waals surface area (Å²) in [5.41, 5.74) is 1.35. The Morgan fingerprint density at radius 2 is 2.19 bits per heavy atom. The summed E-state index contributed by atoms with van der Waals surface area (Å²) in [4.78, 5) is 1.36. The Morgan fingerprint density at radius 3 is 2.90 bits per heavy atom. The number of ether oxygens (including phenoxy) is 1. The average molecular weight is 431 g/mol. The third kappa shape index (κ3) is 3.36. The fourth-order valence-electron chi connectivity index (χ4n) is 2.86. The number of para-hydroxylation sites is 1. The van der Waals surface area contributed by atoms with E-state index in [1.54, 1.807) is 11.3 Å². The van der Waals surface area contributed by atoms with Crippen molar-refractivity contribution in [3.63, 3.8) is 0 Å². The smallest absolute Gasteiger partial charge is 0.122 e. The molecule has 0 saturated heterocycles. The van der Waals surface area contributed by atoms with E-state index in [0.717, 1.165) is 33.5 Å². The van der Waals surface area contributed by atoms with E-state index in [-0.39, 0.29) is 0 Å². The quantitative estimate of drug-likeness (QED) is 0.692. The molecule has 1 N–H and O–H groups in total. The van der Waals surface area contributed by atoms with Gasteiger partial charge in [0.2, 0.25) is 0 Å². The molecule has 5 heteroatoms. The molecule has 2 nitrogen and oxygen atoms in total. The van der Waals surface area contributed by atoms with E-state index in [9.17, 15) is 0 Å². The van der Waals surface area contributed by atoms with Gasteiger partial charge in [-0.1, -0.05) is 18.2 Å². The Morgan fingerprint density at radius 1 is 1.38 bits per heavy atom. The molecule has 0 spiro atoms. The average Bonchev–Trinajstić information content (AvgIpc) is 2.84. The predicted octanol–water partition coefficient (Wildman–Crippen LogP) is 5.49. The van der Waals surface area contributed by atoms with Crippen molar-refractivity contribution in [2.24, 2.45) is 0 Å². The van der Waals surface area contributed by atoms with Gasteiger partial charge in [0.05, 0.1) is 10.4 Å². The van der Waals surface area contributed by atoms with E-state index in [4.69, 9.17) is 4.74 Å². The highest BCUT2D eigenvalue weighted by Gasteiger charge is 2.25. The molecule has 1 aliphatic rings. The maximum absolute atomic E-state index is 5.77. The summed E-state index contributed by atoms with van der Waals surface area (Å²) in [6, 6.07) is 11.0. The van der Waals surface area contributed by atoms with Gasteiger partial charge in [0, 0.05) is 15.4 Å². The van der Waals surface area contributed by atoms with E-state index in [1.165, 1.54) is 10.4 Å². The summed E-state index contributed by atoms with van der Waals surface area (Å²) in [6.45, 7) is 0.815. The Hall–Kier alpha value is -0.360. The highest BCUT2D eigenvalue weighted by atomic mass is 79.9. The minimum absolute atomic E-state index is 0.369. The van der Waals surface area contributed by atoms with Crippen LogP contribution in [0.5, 0.6) is 5.75 Å². The van der Waals surface area contributed by atoms with Crippen molar-refractivity contribution in [2.45, 2.75) is 24.8 Å². The van der Waals surface area contributed by atoms with Crippen LogP contribution in [0.25, 0.3) is 0 Å². The predicted molar refractivity (Wildman–Crippen MR) is 95.4 cm³/mol. The highest BCUT2D eigenvalue weighted by Crippen LogP contribution is 2.42. The maximum Gasteiger partial charge on any atom is 0.122 e. The Bertz CT molecular complexity index is 609. The summed E-state index contributed by atoms with van der Waals surface area (Å²) in [7, 11) is 2.04. The molecule has 1 aliphatic heterocycles. The number of rotatable bonds is 4. The van der Waals surface area contributed by atoms with E-state index < -0.39 is 0 Å². The molecule has 0 bridgehead atoms. The van der Waals surface area contributed by atoms with Crippen LogP contribution in [-0.2, 0) is 0 Å². The summed E-state index contributed by atoms with van der Waals surface area (Å²) >= 11 is 8.96. The largest absolute Gasteiger partial charge is 0.493 e. The fourth-order valence-corrected chi connectivity index (χ4v) is 5.07. The van der Waals surface area contributed by atoms with Crippen molar-refractivity contribution in [2.75, 3.05) is 13.7 Å². The zero-order valence-corrected chi connectivity index (χ0v) is 15.7. The van der Waals surface area contributed by atoms with Crippen LogP contribution in [0.2, 0.25) is 0 Å². The number of hydrogen-bond acceptors (Lipinski definition) is 3. The van der Waals surface area contributed by atoms with Crippen molar-refractivity contribution < 1.29 is 4.74 Å². The van der Waals surface area contributed by atoms with Crippen LogP contribution in [0.15, 0.2) is 38.6 Å². The molecule has 2 heterocycles. The second-order valence-corrected chi connectivity index (χ2v) is 8.48. The lowest BCUT2D eigenvalue weighted by molar-refractivity contribution is 0.256. The standard InChI is InChI=1S/C16H17Br2NOS/c1-19-13(15-9-12(17)16(18)21-15)8-10-6-7-20-14-5-3-2-4-11(10)14/h2-5,9-10,13,19H,6-8H2,1H3. The zero-order chi connectivity index (χ0) is 14.8. The lowest BCUT2D eigenvalue weighted by atomic mass is 9.87. The first-order valence-corrected chi connectivity index (χ1v) is 9.43. The van der Waals surface area contributed by atoms with Crippen LogP contribution in [0.1, 0.15) is 35.2 Å². The second kappa shape index (κ2) is 6.82. The first kappa shape index (κ1) is 15.5. The van der Waals surface area contributed by atoms with E-state index >= 15 is 0 Å². The summed E-state index contributed by atoms with van der Waals surface area (Å²) in [5.74, 6) is 1.60. The minimum atomic E-state index is 0.369. The lowest BCUT2D eigenvalue weighted by Crippen LogP contribution is -2.22. The summed E-state index contributed by atoms with van der Waals surface area (Å²) in [5, 5.41) is 3.46. The van der Waals surface area contributed by atoms with Gasteiger partial charge >= 0.3 is 0 Å². The van der Waals surface area contributed by atoms with Gasteiger partial charge in [-0.05, 0) is 75.4 Å². The fraction of sp³-hybridized carbons (Fsp3) is 0.375. The molecule has 0 fully saturated rings. The van der Waals surface area contributed by atoms with Gasteiger partial charge < -0.3 is 10.1 Å². The van der Waals surface area contributed by atoms with Gasteiger partial charge in [0.15, 0.2) is 0 Å². The third-order valence-electron chi connectivity index (χ3n) is 3.96. The van der Waals surface area contributed by atoms with Gasteiger partial charge in [-0.15, -0.1) is 11.3 Å². The number of hydrogen-bond donors (Lipinski definition) is 1. The van der Waals surface area contributed by atoms with Crippen LogP contribution >= 0.6 is 43.2 Å². The number of nitrogens with one attached hydrogen (secondary N) is 1. The van der Waals surface area contributed by atoms with Gasteiger partial charge in [-0.3, -0.25) is 0 Å². The van der Waals surface area contributed by atoms with Gasteiger partial charge in [-0.2, -0.15) is 0 Å². The van der Waals surface area contributed by atoms with E-state index in [0.29, 0.717) is 12.0 Å². The Balaban J connectivity index is 1.82. The molecule has 2 aromatic rings. The number of thiophene rings is 1. The molecule has 0 radical (unpaired) electrons. The van der Waals surface area contributed by atoms with Gasteiger partial charge in [0.25, 0.3) is 0 Å². The first-order chi connectivity index (χ1) is 10.2. The van der Waals surface area contributed by atoms with Crippen LogP contribution in [0.4, 0.5) is 0 Å². The van der Waals surface area contributed by atoms with Crippen LogP contribution in [-0.4, -0.2) is 13.7 Å². The molecular formula is C16H17Br2NOS. The maximum atomic E-state index is 5.77. The molecule has 1 aromatic carbocycles. The Kier molecular flexibility index (Phi) is 5.04. The van der Waals surface area contributed by atoms with Gasteiger partial charge in [-0.25, -0.2) is 0 Å². The zero-order valence-electron chi connectivity index (χ0n) is 11.7. The molecule has 112 valence electrons. The summed E-state index contributed by atoms with van der Waals surface area (Å²) in [6.07, 6.45) is 2.18. The molecule has 2 unspecified atom stereocenters. The normalized spacial score (nSPS) is 18.9. The molecule has 0 saturated carbocycles. The van der Waals surface area contributed by atoms with Gasteiger partial charge in [0.1, 0.15) is 5.75 Å². The SMILES string of the molecule is CNC(CC1CCOc2ccccc21)c1cc(Br)c(Br)s1. The summed E-state index contributed by atoms with van der Waals surface area (Å²) < 4.78 is 8.06. The molecule has 3 rings (SSSR count). The number of halogens is 2. The van der Waals surface area contributed by atoms with Crippen molar-refractivity contribution in [1.82, 2.24) is 5.32 Å². The van der Waals surface area contributed by atoms with E-state index in [2.05, 4.69) is 61.4 Å². The lowest BCUT2D eigenvalue weighted by Gasteiger charge is -2.28. The van der Waals surface area contributed by atoms with Crippen molar-refractivity contribution in [3.8, 4) is 5.75 Å². The first-order valence-electron chi connectivity index (χ1n) is 7.02. The molecular weight excluding hydrogens is 414 g/mol. The van der Waals surface area contributed by atoms with Crippen LogP contribution < -0.4 is 10.1 Å². The highest BCUT2D eigenvalue weighted by molar-refractivity contribution is 9.13. The van der Waals surface area contributed by atoms with Crippen LogP contribution in [0, 0.1) is 0 Å². The third-order valence-corrected chi connectivity index (χ3v) is 7.33. The molecule has 21 heavy (non-hydrogen) atoms. The van der Waals surface area contributed by atoms with E-state index in [1.807, 2.05) is 13.1 Å². The number of fused-ring (bicyclic) bond motifs is 1. The van der Waals surface area contributed by atoms with Crippen LogP contribution in [0.3, 0.4) is 0 Å². The van der Waals surface area contributed by atoms with Crippen molar-refractivity contribution >= 4 is 43.2 Å². The number of benzene rings is 1. The monoisotopic (exact) mass is 429 g/mol. The molecule has 0 amide bonds. The molecule has 1 aromatic heterocycles. The topological polar surface area (TPSA) is 21.3 Å². The molecule has 0 aliphatic carbocycles. The Labute approximate surface area is 146 Å². The van der Waals surface area contributed by atoms with Crippen molar-refractivity contribution in [1.29, 1.82) is 0 Å². The second-order valence-electron chi connectivity index (χ2n) is 5.22.